The maximum atomic E-state index is 12.8. The van der Waals surface area contributed by atoms with Crippen molar-refractivity contribution in [2.24, 2.45) is 0 Å². The van der Waals surface area contributed by atoms with E-state index in [0.717, 1.165) is 57.7 Å². The van der Waals surface area contributed by atoms with Gasteiger partial charge in [0.25, 0.3) is 0 Å². The Balaban J connectivity index is 1.56. The molecule has 0 N–H and O–H groups in total. The van der Waals surface area contributed by atoms with Crippen LogP contribution in [0.5, 0.6) is 11.5 Å². The quantitative estimate of drug-likeness (QED) is 0.477. The molecule has 1 aromatic rings. The van der Waals surface area contributed by atoms with Crippen LogP contribution in [0.1, 0.15) is 42.1 Å². The Morgan fingerprint density at radius 2 is 1.78 bits per heavy atom. The van der Waals surface area contributed by atoms with Crippen molar-refractivity contribution in [3.8, 4) is 11.5 Å². The molecule has 0 radical (unpaired) electrons. The van der Waals surface area contributed by atoms with E-state index in [2.05, 4.69) is 16.8 Å². The number of hydrogen-bond donors (Lipinski definition) is 0. The first-order valence-corrected chi connectivity index (χ1v) is 11.7. The number of rotatable bonds is 7. The molecular formula is C25H37N3O4. The number of ketones is 1. The summed E-state index contributed by atoms with van der Waals surface area (Å²) in [6.45, 7) is 10.3. The molecule has 2 aliphatic rings. The minimum absolute atomic E-state index is 0.103. The summed E-state index contributed by atoms with van der Waals surface area (Å²) < 4.78 is 11.0. The van der Waals surface area contributed by atoms with Gasteiger partial charge in [0.15, 0.2) is 5.78 Å². The number of methoxy groups -OCH3 is 1. The van der Waals surface area contributed by atoms with Crippen molar-refractivity contribution in [3.05, 3.63) is 35.4 Å². The fourth-order valence-corrected chi connectivity index (χ4v) is 4.57. The van der Waals surface area contributed by atoms with Crippen molar-refractivity contribution in [3.63, 3.8) is 0 Å². The van der Waals surface area contributed by atoms with Crippen LogP contribution in [0.4, 0.5) is 0 Å². The van der Waals surface area contributed by atoms with Gasteiger partial charge in [0.05, 0.1) is 19.3 Å². The predicted molar refractivity (Wildman–Crippen MR) is 126 cm³/mol. The molecule has 0 saturated carbocycles. The minimum Gasteiger partial charge on any atom is -0.496 e. The van der Waals surface area contributed by atoms with Crippen LogP contribution in [0.15, 0.2) is 24.3 Å². The molecule has 0 bridgehead atoms. The highest BCUT2D eigenvalue weighted by molar-refractivity contribution is 6.09. The van der Waals surface area contributed by atoms with Crippen LogP contribution in [0.25, 0.3) is 0 Å². The second-order valence-electron chi connectivity index (χ2n) is 8.70. The van der Waals surface area contributed by atoms with Crippen LogP contribution in [-0.4, -0.2) is 92.5 Å². The average molecular weight is 444 g/mol. The van der Waals surface area contributed by atoms with Crippen molar-refractivity contribution in [1.29, 1.82) is 0 Å². The van der Waals surface area contributed by atoms with Crippen molar-refractivity contribution in [2.75, 3.05) is 60.0 Å². The SMILES string of the molecule is CCOc1cc(OC)c(C(=O)C=CC(=O)N2CCC(N3CCCN(C)CC3)CC2)cc1C. The monoisotopic (exact) mass is 443 g/mol. The molecule has 0 aliphatic carbocycles. The van der Waals surface area contributed by atoms with Gasteiger partial charge in [-0.25, -0.2) is 0 Å². The third kappa shape index (κ3) is 6.11. The first-order valence-electron chi connectivity index (χ1n) is 11.7. The van der Waals surface area contributed by atoms with Crippen LogP contribution in [0.2, 0.25) is 0 Å². The van der Waals surface area contributed by atoms with Gasteiger partial charge >= 0.3 is 0 Å². The molecule has 2 fully saturated rings. The van der Waals surface area contributed by atoms with Crippen molar-refractivity contribution < 1.29 is 19.1 Å². The number of ether oxygens (including phenoxy) is 2. The van der Waals surface area contributed by atoms with Gasteiger partial charge in [0.2, 0.25) is 5.91 Å². The third-order valence-corrected chi connectivity index (χ3v) is 6.49. The van der Waals surface area contributed by atoms with E-state index in [-0.39, 0.29) is 11.7 Å². The molecule has 0 spiro atoms. The lowest BCUT2D eigenvalue weighted by atomic mass is 10.0. The summed E-state index contributed by atoms with van der Waals surface area (Å²) >= 11 is 0. The van der Waals surface area contributed by atoms with Gasteiger partial charge in [-0.15, -0.1) is 0 Å². The number of benzene rings is 1. The van der Waals surface area contributed by atoms with Crippen LogP contribution >= 0.6 is 0 Å². The normalized spacial score (nSPS) is 19.2. The minimum atomic E-state index is -0.245. The molecule has 7 nitrogen and oxygen atoms in total. The summed E-state index contributed by atoms with van der Waals surface area (Å²) in [5, 5.41) is 0. The Morgan fingerprint density at radius 3 is 2.47 bits per heavy atom. The Morgan fingerprint density at radius 1 is 1.03 bits per heavy atom. The Hall–Kier alpha value is -2.38. The van der Waals surface area contributed by atoms with E-state index in [4.69, 9.17) is 9.47 Å². The summed E-state index contributed by atoms with van der Waals surface area (Å²) in [6.07, 6.45) is 5.94. The molecule has 0 aromatic heterocycles. The fourth-order valence-electron chi connectivity index (χ4n) is 4.57. The van der Waals surface area contributed by atoms with Gasteiger partial charge in [-0.05, 0) is 71.0 Å². The van der Waals surface area contributed by atoms with Gasteiger partial charge in [-0.1, -0.05) is 0 Å². The highest BCUT2D eigenvalue weighted by atomic mass is 16.5. The zero-order chi connectivity index (χ0) is 23.1. The highest BCUT2D eigenvalue weighted by Gasteiger charge is 2.27. The predicted octanol–water partition coefficient (Wildman–Crippen LogP) is 2.77. The first-order chi connectivity index (χ1) is 15.4. The molecule has 32 heavy (non-hydrogen) atoms. The molecule has 2 saturated heterocycles. The van der Waals surface area contributed by atoms with E-state index in [1.54, 1.807) is 12.1 Å². The maximum absolute atomic E-state index is 12.8. The molecule has 3 rings (SSSR count). The number of aryl methyl sites for hydroxylation is 1. The number of carbonyl (C=O) groups is 2. The number of hydrogen-bond acceptors (Lipinski definition) is 6. The summed E-state index contributed by atoms with van der Waals surface area (Å²) in [7, 11) is 3.71. The number of nitrogens with zero attached hydrogens (tertiary/aromatic N) is 3. The van der Waals surface area contributed by atoms with E-state index in [1.165, 1.54) is 25.7 Å². The topological polar surface area (TPSA) is 62.3 Å². The maximum Gasteiger partial charge on any atom is 0.246 e. The van der Waals surface area contributed by atoms with Crippen molar-refractivity contribution in [1.82, 2.24) is 14.7 Å². The average Bonchev–Trinajstić information content (AvgIpc) is 3.03. The van der Waals surface area contributed by atoms with E-state index in [9.17, 15) is 9.59 Å². The van der Waals surface area contributed by atoms with Gasteiger partial charge in [0.1, 0.15) is 11.5 Å². The Bertz CT molecular complexity index is 831. The van der Waals surface area contributed by atoms with Crippen molar-refractivity contribution in [2.45, 2.75) is 39.2 Å². The van der Waals surface area contributed by atoms with Crippen LogP contribution in [0, 0.1) is 6.92 Å². The van der Waals surface area contributed by atoms with Gasteiger partial charge in [-0.2, -0.15) is 0 Å². The van der Waals surface area contributed by atoms with Crippen LogP contribution in [0.3, 0.4) is 0 Å². The van der Waals surface area contributed by atoms with Crippen LogP contribution < -0.4 is 9.47 Å². The van der Waals surface area contributed by atoms with E-state index in [1.807, 2.05) is 18.7 Å². The number of likely N-dealkylation sites (N-methyl/N-ethyl adjacent to an activating group) is 1. The molecular weight excluding hydrogens is 406 g/mol. The largest absolute Gasteiger partial charge is 0.496 e. The summed E-state index contributed by atoms with van der Waals surface area (Å²) in [5.41, 5.74) is 1.29. The highest BCUT2D eigenvalue weighted by Crippen LogP contribution is 2.29. The fraction of sp³-hybridized carbons (Fsp3) is 0.600. The van der Waals surface area contributed by atoms with Gasteiger partial charge < -0.3 is 19.3 Å². The number of piperidine rings is 1. The number of amides is 1. The van der Waals surface area contributed by atoms with E-state index >= 15 is 0 Å². The smallest absolute Gasteiger partial charge is 0.246 e. The Kier molecular flexibility index (Phi) is 8.70. The Labute approximate surface area is 191 Å². The number of likely N-dealkylation sites (tertiary alicyclic amines) is 1. The van der Waals surface area contributed by atoms with E-state index < -0.39 is 0 Å². The molecule has 0 unspecified atom stereocenters. The summed E-state index contributed by atoms with van der Waals surface area (Å²) in [4.78, 5) is 32.3. The lowest BCUT2D eigenvalue weighted by Crippen LogP contribution is -2.47. The number of carbonyl (C=O) groups excluding carboxylic acids is 2. The zero-order valence-electron chi connectivity index (χ0n) is 19.9. The lowest BCUT2D eigenvalue weighted by Gasteiger charge is -2.37. The van der Waals surface area contributed by atoms with Gasteiger partial charge in [0, 0.05) is 44.4 Å². The molecule has 176 valence electrons. The molecule has 1 aromatic carbocycles. The van der Waals surface area contributed by atoms with E-state index in [0.29, 0.717) is 29.7 Å². The van der Waals surface area contributed by atoms with Crippen LogP contribution in [-0.2, 0) is 4.79 Å². The second-order valence-corrected chi connectivity index (χ2v) is 8.70. The summed E-state index contributed by atoms with van der Waals surface area (Å²) in [5.74, 6) is 0.795. The zero-order valence-corrected chi connectivity index (χ0v) is 19.9. The molecule has 0 atom stereocenters. The molecule has 2 heterocycles. The number of allylic oxidation sites excluding steroid dienone is 1. The van der Waals surface area contributed by atoms with Gasteiger partial charge in [-0.3, -0.25) is 14.5 Å². The standard InChI is InChI=1S/C25H37N3O4/c1-5-32-23-18-24(31-4)21(17-19(23)2)22(29)7-8-25(30)28-13-9-20(10-14-28)27-12-6-11-26(3)15-16-27/h7-8,17-18,20H,5-6,9-16H2,1-4H3. The second kappa shape index (κ2) is 11.5. The molecule has 7 heteroatoms. The molecule has 2 aliphatic heterocycles. The first kappa shape index (κ1) is 24.3. The van der Waals surface area contributed by atoms with Crippen molar-refractivity contribution >= 4 is 11.7 Å². The summed E-state index contributed by atoms with van der Waals surface area (Å²) in [6, 6.07) is 4.03. The molecule has 1 amide bonds. The lowest BCUT2D eigenvalue weighted by molar-refractivity contribution is -0.127. The third-order valence-electron chi connectivity index (χ3n) is 6.49.